The summed E-state index contributed by atoms with van der Waals surface area (Å²) in [5.41, 5.74) is 7.70. The lowest BCUT2D eigenvalue weighted by Crippen LogP contribution is -2.12. The quantitative estimate of drug-likeness (QED) is 0.657. The maximum absolute atomic E-state index is 12.2. The average Bonchev–Trinajstić information content (AvgIpc) is 2.42. The predicted molar refractivity (Wildman–Crippen MR) is 84.7 cm³/mol. The van der Waals surface area contributed by atoms with E-state index in [0.29, 0.717) is 11.3 Å². The zero-order valence-electron chi connectivity index (χ0n) is 10.3. The molecule has 2 rings (SSSR count). The summed E-state index contributed by atoms with van der Waals surface area (Å²) in [5.74, 6) is -0.151. The van der Waals surface area contributed by atoms with Crippen LogP contribution in [0.25, 0.3) is 0 Å². The first-order chi connectivity index (χ1) is 9.11. The van der Waals surface area contributed by atoms with Crippen molar-refractivity contribution in [3.8, 4) is 0 Å². The summed E-state index contributed by atoms with van der Waals surface area (Å²) in [4.78, 5) is 13.2. The fraction of sp³-hybridized carbons (Fsp3) is 0.0714. The van der Waals surface area contributed by atoms with Crippen LogP contribution in [0, 0.1) is 0 Å². The zero-order chi connectivity index (χ0) is 13.8. The van der Waals surface area contributed by atoms with Crippen LogP contribution < -0.4 is 11.1 Å². The largest absolute Gasteiger partial charge is 0.398 e. The second-order valence-electron chi connectivity index (χ2n) is 3.89. The molecular weight excluding hydrogens is 324 g/mol. The summed E-state index contributed by atoms with van der Waals surface area (Å²) in [6.07, 6.45) is 1.98. The van der Waals surface area contributed by atoms with Crippen molar-refractivity contribution in [1.82, 2.24) is 0 Å². The Balaban J connectivity index is 2.23. The van der Waals surface area contributed by atoms with Gasteiger partial charge in [0.05, 0.1) is 5.69 Å². The van der Waals surface area contributed by atoms with Crippen molar-refractivity contribution in [3.63, 3.8) is 0 Å². The van der Waals surface area contributed by atoms with Crippen molar-refractivity contribution in [1.29, 1.82) is 0 Å². The molecule has 19 heavy (non-hydrogen) atoms. The Bertz CT molecular complexity index is 616. The van der Waals surface area contributed by atoms with Gasteiger partial charge in [0.1, 0.15) is 0 Å². The molecule has 0 bridgehead atoms. The van der Waals surface area contributed by atoms with Crippen molar-refractivity contribution in [2.45, 2.75) is 4.90 Å². The number of carbonyl (C=O) groups is 1. The van der Waals surface area contributed by atoms with E-state index in [4.69, 9.17) is 5.73 Å². The Labute approximate surface area is 124 Å². The van der Waals surface area contributed by atoms with Crippen molar-refractivity contribution in [2.75, 3.05) is 17.3 Å². The number of benzene rings is 2. The third-order valence-electron chi connectivity index (χ3n) is 2.62. The highest BCUT2D eigenvalue weighted by Crippen LogP contribution is 2.26. The van der Waals surface area contributed by atoms with Gasteiger partial charge in [-0.05, 0) is 52.5 Å². The summed E-state index contributed by atoms with van der Waals surface area (Å²) in [6, 6.07) is 12.8. The van der Waals surface area contributed by atoms with E-state index >= 15 is 0 Å². The van der Waals surface area contributed by atoms with Crippen molar-refractivity contribution < 1.29 is 4.79 Å². The van der Waals surface area contributed by atoms with Crippen LogP contribution in [0.4, 0.5) is 11.4 Å². The number of halogens is 1. The van der Waals surface area contributed by atoms with Gasteiger partial charge in [0.2, 0.25) is 0 Å². The minimum Gasteiger partial charge on any atom is -0.398 e. The van der Waals surface area contributed by atoms with Gasteiger partial charge in [-0.25, -0.2) is 0 Å². The van der Waals surface area contributed by atoms with Crippen LogP contribution >= 0.6 is 27.7 Å². The maximum Gasteiger partial charge on any atom is 0.255 e. The van der Waals surface area contributed by atoms with Crippen LogP contribution in [-0.4, -0.2) is 12.2 Å². The Kier molecular flexibility index (Phi) is 4.50. The van der Waals surface area contributed by atoms with E-state index in [1.54, 1.807) is 30.0 Å². The van der Waals surface area contributed by atoms with E-state index in [0.717, 1.165) is 15.1 Å². The van der Waals surface area contributed by atoms with Crippen molar-refractivity contribution in [2.24, 2.45) is 0 Å². The number of nitrogens with two attached hydrogens (primary N) is 1. The minimum absolute atomic E-state index is 0.151. The Morgan fingerprint density at radius 2 is 2.00 bits per heavy atom. The number of nitrogen functional groups attached to an aromatic ring is 1. The van der Waals surface area contributed by atoms with Crippen molar-refractivity contribution in [3.05, 3.63) is 52.5 Å². The van der Waals surface area contributed by atoms with E-state index in [2.05, 4.69) is 21.2 Å². The number of amides is 1. The van der Waals surface area contributed by atoms with Gasteiger partial charge in [-0.15, -0.1) is 11.8 Å². The number of carbonyl (C=O) groups excluding carboxylic acids is 1. The van der Waals surface area contributed by atoms with Gasteiger partial charge in [-0.2, -0.15) is 0 Å². The standard InChI is InChI=1S/C14H13BrN2OS/c1-19-13-5-3-2-4-12(13)17-14(18)9-6-7-11(16)10(15)8-9/h2-8H,16H2,1H3,(H,17,18). The van der Waals surface area contributed by atoms with Crippen LogP contribution in [-0.2, 0) is 0 Å². The summed E-state index contributed by atoms with van der Waals surface area (Å²) in [7, 11) is 0. The van der Waals surface area contributed by atoms with Crippen LogP contribution in [0.2, 0.25) is 0 Å². The lowest BCUT2D eigenvalue weighted by Gasteiger charge is -2.09. The number of hydrogen-bond acceptors (Lipinski definition) is 3. The van der Waals surface area contributed by atoms with Gasteiger partial charge in [-0.3, -0.25) is 4.79 Å². The normalized spacial score (nSPS) is 10.2. The summed E-state index contributed by atoms with van der Waals surface area (Å²) in [6.45, 7) is 0. The fourth-order valence-corrected chi connectivity index (χ4v) is 2.54. The molecule has 0 heterocycles. The molecule has 0 atom stereocenters. The Morgan fingerprint density at radius 1 is 1.26 bits per heavy atom. The summed E-state index contributed by atoms with van der Waals surface area (Å²) in [5, 5.41) is 2.90. The molecule has 0 aliphatic rings. The van der Waals surface area contributed by atoms with E-state index < -0.39 is 0 Å². The molecule has 0 unspecified atom stereocenters. The molecule has 3 nitrogen and oxygen atoms in total. The Hall–Kier alpha value is -1.46. The van der Waals surface area contributed by atoms with Crippen molar-refractivity contribution >= 4 is 45.0 Å². The minimum atomic E-state index is -0.151. The molecule has 0 radical (unpaired) electrons. The molecule has 0 spiro atoms. The van der Waals surface area contributed by atoms with Gasteiger partial charge < -0.3 is 11.1 Å². The monoisotopic (exact) mass is 336 g/mol. The maximum atomic E-state index is 12.2. The van der Waals surface area contributed by atoms with Gasteiger partial charge in [0.15, 0.2) is 0 Å². The Morgan fingerprint density at radius 3 is 2.68 bits per heavy atom. The van der Waals surface area contributed by atoms with Gasteiger partial charge in [0.25, 0.3) is 5.91 Å². The van der Waals surface area contributed by atoms with Crippen LogP contribution in [0.15, 0.2) is 51.8 Å². The molecule has 0 saturated carbocycles. The second kappa shape index (κ2) is 6.12. The number of anilines is 2. The number of hydrogen-bond donors (Lipinski definition) is 2. The number of rotatable bonds is 3. The molecule has 0 aromatic heterocycles. The molecule has 0 aliphatic carbocycles. The van der Waals surface area contributed by atoms with E-state index in [1.165, 1.54) is 0 Å². The fourth-order valence-electron chi connectivity index (χ4n) is 1.61. The smallest absolute Gasteiger partial charge is 0.255 e. The van der Waals surface area contributed by atoms with Crippen LogP contribution in [0.3, 0.4) is 0 Å². The number of thioether (sulfide) groups is 1. The summed E-state index contributed by atoms with van der Waals surface area (Å²) < 4.78 is 0.721. The van der Waals surface area contributed by atoms with E-state index in [1.807, 2.05) is 30.5 Å². The lowest BCUT2D eigenvalue weighted by molar-refractivity contribution is 0.102. The molecule has 0 aliphatic heterocycles. The molecule has 0 saturated heterocycles. The lowest BCUT2D eigenvalue weighted by atomic mass is 10.2. The summed E-state index contributed by atoms with van der Waals surface area (Å²) >= 11 is 4.91. The molecule has 2 aromatic rings. The van der Waals surface area contributed by atoms with Gasteiger partial charge in [0, 0.05) is 20.6 Å². The average molecular weight is 337 g/mol. The predicted octanol–water partition coefficient (Wildman–Crippen LogP) is 4.01. The highest BCUT2D eigenvalue weighted by Gasteiger charge is 2.09. The molecule has 0 fully saturated rings. The third-order valence-corrected chi connectivity index (χ3v) is 4.10. The number of nitrogens with one attached hydrogen (secondary N) is 1. The highest BCUT2D eigenvalue weighted by molar-refractivity contribution is 9.10. The molecule has 1 amide bonds. The SMILES string of the molecule is CSc1ccccc1NC(=O)c1ccc(N)c(Br)c1. The topological polar surface area (TPSA) is 55.1 Å². The van der Waals surface area contributed by atoms with E-state index in [-0.39, 0.29) is 5.91 Å². The molecule has 98 valence electrons. The molecule has 3 N–H and O–H groups in total. The van der Waals surface area contributed by atoms with Gasteiger partial charge in [-0.1, -0.05) is 12.1 Å². The van der Waals surface area contributed by atoms with Crippen LogP contribution in [0.5, 0.6) is 0 Å². The number of para-hydroxylation sites is 1. The van der Waals surface area contributed by atoms with E-state index in [9.17, 15) is 4.79 Å². The molecular formula is C14H13BrN2OS. The van der Waals surface area contributed by atoms with Gasteiger partial charge >= 0.3 is 0 Å². The molecule has 5 heteroatoms. The zero-order valence-corrected chi connectivity index (χ0v) is 12.7. The third kappa shape index (κ3) is 3.30. The van der Waals surface area contributed by atoms with Crippen LogP contribution in [0.1, 0.15) is 10.4 Å². The second-order valence-corrected chi connectivity index (χ2v) is 5.59. The highest BCUT2D eigenvalue weighted by atomic mass is 79.9. The first-order valence-corrected chi connectivity index (χ1v) is 7.63. The first-order valence-electron chi connectivity index (χ1n) is 5.61. The molecule has 2 aromatic carbocycles. The first kappa shape index (κ1) is 14.0.